The minimum absolute atomic E-state index is 0.152. The zero-order valence-electron chi connectivity index (χ0n) is 17.1. The Hall–Kier alpha value is -3.78. The number of amides is 1. The summed E-state index contributed by atoms with van der Waals surface area (Å²) in [5.74, 6) is -0.538. The van der Waals surface area contributed by atoms with Gasteiger partial charge in [-0.15, -0.1) is 0 Å². The molecule has 1 aromatic heterocycles. The van der Waals surface area contributed by atoms with Crippen molar-refractivity contribution >= 4 is 17.7 Å². The van der Waals surface area contributed by atoms with Crippen LogP contribution >= 0.6 is 0 Å². The number of rotatable bonds is 3. The molecule has 1 fully saturated rings. The van der Waals surface area contributed by atoms with Gasteiger partial charge < -0.3 is 20.3 Å². The maximum atomic E-state index is 12.8. The van der Waals surface area contributed by atoms with Crippen molar-refractivity contribution in [1.82, 2.24) is 9.97 Å². The van der Waals surface area contributed by atoms with Gasteiger partial charge in [-0.1, -0.05) is 18.2 Å². The van der Waals surface area contributed by atoms with E-state index in [0.29, 0.717) is 24.1 Å². The highest BCUT2D eigenvalue weighted by atomic mass is 16.6. The van der Waals surface area contributed by atoms with E-state index in [0.717, 1.165) is 11.1 Å². The van der Waals surface area contributed by atoms with Crippen molar-refractivity contribution < 1.29 is 24.5 Å². The van der Waals surface area contributed by atoms with Crippen LogP contribution < -0.4 is 5.32 Å². The van der Waals surface area contributed by atoms with Crippen LogP contribution in [0.4, 0.5) is 5.82 Å². The van der Waals surface area contributed by atoms with Crippen molar-refractivity contribution in [1.29, 1.82) is 0 Å². The van der Waals surface area contributed by atoms with Crippen LogP contribution in [-0.4, -0.2) is 37.7 Å². The first kappa shape index (κ1) is 20.1. The molecule has 2 aliphatic rings. The summed E-state index contributed by atoms with van der Waals surface area (Å²) in [5.41, 5.74) is 0.353. The Bertz CT molecular complexity index is 1180. The van der Waals surface area contributed by atoms with Crippen molar-refractivity contribution in [3.05, 3.63) is 72.1 Å². The topological polar surface area (TPSA) is 122 Å². The molecule has 5 rings (SSSR count). The molecule has 0 radical (unpaired) electrons. The molecule has 3 N–H and O–H groups in total. The number of carbonyl (C=O) groups is 2. The molecule has 0 bridgehead atoms. The van der Waals surface area contributed by atoms with Crippen LogP contribution in [0, 0.1) is 0 Å². The van der Waals surface area contributed by atoms with Gasteiger partial charge in [0.05, 0.1) is 23.7 Å². The molecule has 3 aromatic rings. The van der Waals surface area contributed by atoms with Gasteiger partial charge in [-0.25, -0.2) is 9.78 Å². The average molecular weight is 431 g/mol. The van der Waals surface area contributed by atoms with Crippen LogP contribution in [0.2, 0.25) is 0 Å². The van der Waals surface area contributed by atoms with Crippen LogP contribution in [0.3, 0.4) is 0 Å². The number of fused-ring (bicyclic) bond motifs is 2. The second kappa shape index (κ2) is 7.42. The minimum atomic E-state index is -1.59. The molecule has 0 atom stereocenters. The number of carbonyl (C=O) groups excluding carboxylic acids is 2. The van der Waals surface area contributed by atoms with Crippen molar-refractivity contribution in [2.75, 3.05) is 5.32 Å². The zero-order chi connectivity index (χ0) is 22.3. The van der Waals surface area contributed by atoms with Crippen LogP contribution in [0.15, 0.2) is 60.9 Å². The van der Waals surface area contributed by atoms with Crippen molar-refractivity contribution in [3.63, 3.8) is 0 Å². The first-order valence-corrected chi connectivity index (χ1v) is 10.4. The largest absolute Gasteiger partial charge is 0.508 e. The van der Waals surface area contributed by atoms with Crippen LogP contribution in [0.1, 0.15) is 41.6 Å². The maximum absolute atomic E-state index is 12.8. The fourth-order valence-corrected chi connectivity index (χ4v) is 4.42. The molecular formula is C24H21N3O5. The number of phenols is 1. The Morgan fingerprint density at radius 3 is 2.38 bits per heavy atom. The first-order chi connectivity index (χ1) is 15.4. The van der Waals surface area contributed by atoms with E-state index in [4.69, 9.17) is 4.74 Å². The first-order valence-electron chi connectivity index (χ1n) is 10.4. The van der Waals surface area contributed by atoms with Crippen LogP contribution in [0.25, 0.3) is 11.3 Å². The predicted octanol–water partition coefficient (Wildman–Crippen LogP) is 3.16. The number of benzene rings is 2. The molecule has 0 unspecified atom stereocenters. The summed E-state index contributed by atoms with van der Waals surface area (Å²) in [5, 5.41) is 23.0. The van der Waals surface area contributed by atoms with E-state index >= 15 is 0 Å². The summed E-state index contributed by atoms with van der Waals surface area (Å²) in [6.45, 7) is 0. The van der Waals surface area contributed by atoms with Gasteiger partial charge in [0.15, 0.2) is 5.82 Å². The van der Waals surface area contributed by atoms with E-state index in [-0.39, 0.29) is 30.4 Å². The van der Waals surface area contributed by atoms with E-state index in [9.17, 15) is 19.8 Å². The van der Waals surface area contributed by atoms with E-state index < -0.39 is 17.1 Å². The maximum Gasteiger partial charge on any atom is 0.339 e. The van der Waals surface area contributed by atoms with Crippen molar-refractivity contribution in [2.45, 2.75) is 36.9 Å². The fourth-order valence-electron chi connectivity index (χ4n) is 4.42. The standard InChI is InChI=1S/C24H21N3O5/c28-16-7-5-15(6-8-16)19-13-26-20(14-25-19)27-22(30)23(31)9-11-24(12-10-23)18-4-2-1-3-17(18)21(29)32-24/h1-8,13-14,28,31H,9-12H2,(H,26,27,30)/t23-,24-. The molecule has 0 saturated heterocycles. The number of aromatic hydroxyl groups is 1. The molecule has 1 spiro atoms. The van der Waals surface area contributed by atoms with E-state index in [1.165, 1.54) is 12.4 Å². The third kappa shape index (κ3) is 3.38. The number of anilines is 1. The van der Waals surface area contributed by atoms with Crippen molar-refractivity contribution in [2.24, 2.45) is 0 Å². The van der Waals surface area contributed by atoms with E-state index in [1.54, 1.807) is 36.4 Å². The van der Waals surface area contributed by atoms with Gasteiger partial charge in [0, 0.05) is 11.1 Å². The number of hydrogen-bond donors (Lipinski definition) is 3. The van der Waals surface area contributed by atoms with E-state index in [2.05, 4.69) is 15.3 Å². The monoisotopic (exact) mass is 431 g/mol. The normalized spacial score (nSPS) is 24.1. The molecule has 8 heteroatoms. The smallest absolute Gasteiger partial charge is 0.339 e. The van der Waals surface area contributed by atoms with Gasteiger partial charge in [0.1, 0.15) is 17.0 Å². The predicted molar refractivity (Wildman–Crippen MR) is 115 cm³/mol. The SMILES string of the molecule is O=C1O[C@]2(CC[C@@](O)(C(=O)Nc3cnc(-c4ccc(O)cc4)cn3)CC2)c2ccccc21. The second-order valence-electron chi connectivity index (χ2n) is 8.25. The number of aliphatic hydroxyl groups is 1. The van der Waals surface area contributed by atoms with Crippen LogP contribution in [-0.2, 0) is 15.1 Å². The van der Waals surface area contributed by atoms with Gasteiger partial charge in [-0.3, -0.25) is 9.78 Å². The van der Waals surface area contributed by atoms with E-state index in [1.807, 2.05) is 12.1 Å². The molecule has 162 valence electrons. The molecule has 1 amide bonds. The Balaban J connectivity index is 1.27. The second-order valence-corrected chi connectivity index (χ2v) is 8.25. The average Bonchev–Trinajstić information content (AvgIpc) is 3.09. The van der Waals surface area contributed by atoms with Crippen LogP contribution in [0.5, 0.6) is 5.75 Å². The third-order valence-electron chi connectivity index (χ3n) is 6.29. The molecular weight excluding hydrogens is 410 g/mol. The van der Waals surface area contributed by atoms with Gasteiger partial charge >= 0.3 is 5.97 Å². The molecule has 8 nitrogen and oxygen atoms in total. The molecule has 32 heavy (non-hydrogen) atoms. The molecule has 1 aliphatic carbocycles. The number of nitrogens with one attached hydrogen (secondary N) is 1. The highest BCUT2D eigenvalue weighted by Crippen LogP contribution is 2.49. The quantitative estimate of drug-likeness (QED) is 0.545. The number of phenolic OH excluding ortho intramolecular Hbond substituents is 1. The summed E-state index contributed by atoms with van der Waals surface area (Å²) in [7, 11) is 0. The number of aromatic nitrogens is 2. The summed E-state index contributed by atoms with van der Waals surface area (Å²) in [6.07, 6.45) is 3.94. The number of ether oxygens (including phenoxy) is 1. The Morgan fingerprint density at radius 2 is 1.69 bits per heavy atom. The summed E-state index contributed by atoms with van der Waals surface area (Å²) < 4.78 is 5.69. The third-order valence-corrected chi connectivity index (χ3v) is 6.29. The minimum Gasteiger partial charge on any atom is -0.508 e. The Labute approximate surface area is 183 Å². The van der Waals surface area contributed by atoms with Gasteiger partial charge in [0.25, 0.3) is 5.91 Å². The highest BCUT2D eigenvalue weighted by Gasteiger charge is 2.52. The lowest BCUT2D eigenvalue weighted by Crippen LogP contribution is -2.49. The lowest BCUT2D eigenvalue weighted by atomic mass is 9.72. The number of esters is 1. The summed E-state index contributed by atoms with van der Waals surface area (Å²) >= 11 is 0. The summed E-state index contributed by atoms with van der Waals surface area (Å²) in [4.78, 5) is 33.6. The zero-order valence-corrected chi connectivity index (χ0v) is 17.1. The Morgan fingerprint density at radius 1 is 0.969 bits per heavy atom. The Kier molecular flexibility index (Phi) is 4.67. The fraction of sp³-hybridized carbons (Fsp3) is 0.250. The van der Waals surface area contributed by atoms with Gasteiger partial charge in [-0.2, -0.15) is 0 Å². The molecule has 1 saturated carbocycles. The molecule has 2 heterocycles. The van der Waals surface area contributed by atoms with Crippen molar-refractivity contribution in [3.8, 4) is 17.0 Å². The lowest BCUT2D eigenvalue weighted by Gasteiger charge is -2.40. The number of hydrogen-bond acceptors (Lipinski definition) is 7. The number of nitrogens with zero attached hydrogens (tertiary/aromatic N) is 2. The van der Waals surface area contributed by atoms with Gasteiger partial charge in [-0.05, 0) is 56.0 Å². The molecule has 1 aliphatic heterocycles. The lowest BCUT2D eigenvalue weighted by molar-refractivity contribution is -0.144. The molecule has 2 aromatic carbocycles. The highest BCUT2D eigenvalue weighted by molar-refractivity contribution is 5.97. The van der Waals surface area contributed by atoms with Gasteiger partial charge in [0.2, 0.25) is 0 Å². The summed E-state index contributed by atoms with van der Waals surface area (Å²) in [6, 6.07) is 13.8.